The third-order valence-corrected chi connectivity index (χ3v) is 3.25. The number of carbonyl (C=O) groups is 1. The minimum Gasteiger partial charge on any atom is -0.480 e. The number of halogens is 1. The highest BCUT2D eigenvalue weighted by atomic mass is 79.9. The molecule has 3 nitrogen and oxygen atoms in total. The van der Waals surface area contributed by atoms with Gasteiger partial charge >= 0.3 is 5.97 Å². The highest BCUT2D eigenvalue weighted by Crippen LogP contribution is 2.23. The Morgan fingerprint density at radius 1 is 1.50 bits per heavy atom. The molecule has 0 aromatic heterocycles. The second-order valence-corrected chi connectivity index (χ2v) is 4.56. The average Bonchev–Trinajstić information content (AvgIpc) is 2.25. The molecule has 0 amide bonds. The van der Waals surface area contributed by atoms with Crippen LogP contribution in [-0.4, -0.2) is 17.1 Å². The number of carboxylic acid groups (broad SMARTS) is 1. The van der Waals surface area contributed by atoms with Crippen LogP contribution in [0.4, 0.5) is 0 Å². The van der Waals surface area contributed by atoms with Gasteiger partial charge in [0.05, 0.1) is 0 Å². The maximum Gasteiger partial charge on any atom is 0.320 e. The van der Waals surface area contributed by atoms with Crippen molar-refractivity contribution in [3.8, 4) is 0 Å². The molecule has 16 heavy (non-hydrogen) atoms. The lowest BCUT2D eigenvalue weighted by Gasteiger charge is -2.20. The van der Waals surface area contributed by atoms with Gasteiger partial charge in [0, 0.05) is 10.5 Å². The topological polar surface area (TPSA) is 49.3 Å². The largest absolute Gasteiger partial charge is 0.480 e. The Balaban J connectivity index is 2.75. The zero-order valence-electron chi connectivity index (χ0n) is 9.40. The molecule has 0 fully saturated rings. The van der Waals surface area contributed by atoms with Crippen LogP contribution in [0.1, 0.15) is 31.9 Å². The van der Waals surface area contributed by atoms with Crippen molar-refractivity contribution in [2.45, 2.75) is 32.4 Å². The molecule has 0 spiro atoms. The highest BCUT2D eigenvalue weighted by molar-refractivity contribution is 9.10. The van der Waals surface area contributed by atoms with E-state index in [9.17, 15) is 4.79 Å². The van der Waals surface area contributed by atoms with E-state index in [4.69, 9.17) is 5.11 Å². The van der Waals surface area contributed by atoms with Crippen LogP contribution in [0.2, 0.25) is 0 Å². The van der Waals surface area contributed by atoms with Gasteiger partial charge in [-0.25, -0.2) is 0 Å². The summed E-state index contributed by atoms with van der Waals surface area (Å²) in [4.78, 5) is 10.9. The number of rotatable bonds is 5. The lowest BCUT2D eigenvalue weighted by atomic mass is 10.1. The van der Waals surface area contributed by atoms with E-state index in [1.807, 2.05) is 38.1 Å². The third kappa shape index (κ3) is 3.32. The third-order valence-electron chi connectivity index (χ3n) is 2.53. The second kappa shape index (κ2) is 6.01. The van der Waals surface area contributed by atoms with Gasteiger partial charge in [-0.1, -0.05) is 41.1 Å². The van der Waals surface area contributed by atoms with Gasteiger partial charge in [0.1, 0.15) is 6.04 Å². The van der Waals surface area contributed by atoms with Crippen molar-refractivity contribution in [2.24, 2.45) is 0 Å². The van der Waals surface area contributed by atoms with Crippen LogP contribution in [0.25, 0.3) is 0 Å². The lowest BCUT2D eigenvalue weighted by Crippen LogP contribution is -2.37. The van der Waals surface area contributed by atoms with Crippen molar-refractivity contribution in [1.82, 2.24) is 5.32 Å². The number of benzene rings is 1. The van der Waals surface area contributed by atoms with Gasteiger partial charge in [-0.15, -0.1) is 0 Å². The van der Waals surface area contributed by atoms with Crippen LogP contribution in [0.5, 0.6) is 0 Å². The van der Waals surface area contributed by atoms with E-state index in [0.717, 1.165) is 10.0 Å². The molecule has 0 saturated carbocycles. The molecule has 0 aliphatic heterocycles. The summed E-state index contributed by atoms with van der Waals surface area (Å²) >= 11 is 3.46. The summed E-state index contributed by atoms with van der Waals surface area (Å²) in [6, 6.07) is 7.33. The van der Waals surface area contributed by atoms with Crippen molar-refractivity contribution in [3.63, 3.8) is 0 Å². The molecule has 0 aliphatic carbocycles. The van der Waals surface area contributed by atoms with Crippen LogP contribution < -0.4 is 5.32 Å². The average molecular weight is 286 g/mol. The first-order valence-electron chi connectivity index (χ1n) is 5.29. The molecule has 0 heterocycles. The molecule has 0 radical (unpaired) electrons. The molecule has 4 heteroatoms. The molecule has 1 aromatic rings. The van der Waals surface area contributed by atoms with Crippen LogP contribution in [-0.2, 0) is 4.79 Å². The van der Waals surface area contributed by atoms with Gasteiger partial charge in [-0.3, -0.25) is 10.1 Å². The quantitative estimate of drug-likeness (QED) is 0.875. The smallest absolute Gasteiger partial charge is 0.320 e. The van der Waals surface area contributed by atoms with E-state index >= 15 is 0 Å². The number of nitrogens with one attached hydrogen (secondary N) is 1. The predicted molar refractivity (Wildman–Crippen MR) is 67.4 cm³/mol. The maximum atomic E-state index is 10.9. The summed E-state index contributed by atoms with van der Waals surface area (Å²) in [6.45, 7) is 3.82. The monoisotopic (exact) mass is 285 g/mol. The summed E-state index contributed by atoms with van der Waals surface area (Å²) in [5.74, 6) is -0.804. The molecule has 0 bridgehead atoms. The van der Waals surface area contributed by atoms with Gasteiger partial charge in [0.25, 0.3) is 0 Å². The molecule has 0 saturated heterocycles. The molecule has 88 valence electrons. The fourth-order valence-electron chi connectivity index (χ4n) is 1.58. The SMILES string of the molecule is CCC(N[C@H](C)c1ccccc1Br)C(=O)O. The van der Waals surface area contributed by atoms with Crippen molar-refractivity contribution in [2.75, 3.05) is 0 Å². The van der Waals surface area contributed by atoms with E-state index in [1.165, 1.54) is 0 Å². The molecule has 1 rings (SSSR count). The Hall–Kier alpha value is -0.870. The fraction of sp³-hybridized carbons (Fsp3) is 0.417. The molecule has 1 aromatic carbocycles. The first-order chi connectivity index (χ1) is 7.56. The molecular formula is C12H16BrNO2. The van der Waals surface area contributed by atoms with Gasteiger partial charge < -0.3 is 5.11 Å². The minimum absolute atomic E-state index is 0.0108. The van der Waals surface area contributed by atoms with Crippen molar-refractivity contribution >= 4 is 21.9 Å². The van der Waals surface area contributed by atoms with E-state index in [-0.39, 0.29) is 6.04 Å². The number of hydrogen-bond donors (Lipinski definition) is 2. The first-order valence-corrected chi connectivity index (χ1v) is 6.08. The van der Waals surface area contributed by atoms with Gasteiger partial charge in [0.2, 0.25) is 0 Å². The zero-order valence-corrected chi connectivity index (χ0v) is 11.0. The van der Waals surface area contributed by atoms with E-state index in [0.29, 0.717) is 6.42 Å². The zero-order chi connectivity index (χ0) is 12.1. The Morgan fingerprint density at radius 3 is 2.62 bits per heavy atom. The number of carboxylic acids is 1. The standard InChI is InChI=1S/C12H16BrNO2/c1-3-11(12(15)16)14-8(2)9-6-4-5-7-10(9)13/h4-8,11,14H,3H2,1-2H3,(H,15,16)/t8-,11?/m1/s1. The summed E-state index contributed by atoms with van der Waals surface area (Å²) in [7, 11) is 0. The van der Waals surface area contributed by atoms with Gasteiger partial charge in [0.15, 0.2) is 0 Å². The Kier molecular flexibility index (Phi) is 4.96. The molecular weight excluding hydrogens is 270 g/mol. The van der Waals surface area contributed by atoms with Gasteiger partial charge in [-0.2, -0.15) is 0 Å². The van der Waals surface area contributed by atoms with E-state index in [1.54, 1.807) is 0 Å². The summed E-state index contributed by atoms with van der Waals surface area (Å²) in [5.41, 5.74) is 1.07. The Morgan fingerprint density at radius 2 is 2.12 bits per heavy atom. The highest BCUT2D eigenvalue weighted by Gasteiger charge is 2.18. The van der Waals surface area contributed by atoms with E-state index < -0.39 is 12.0 Å². The molecule has 0 aliphatic rings. The summed E-state index contributed by atoms with van der Waals surface area (Å²) in [6.07, 6.45) is 0.574. The maximum absolute atomic E-state index is 10.9. The molecule has 2 N–H and O–H groups in total. The van der Waals surface area contributed by atoms with Crippen LogP contribution in [0.15, 0.2) is 28.7 Å². The number of aliphatic carboxylic acids is 1. The second-order valence-electron chi connectivity index (χ2n) is 3.71. The first kappa shape index (κ1) is 13.2. The van der Waals surface area contributed by atoms with Crippen molar-refractivity contribution in [1.29, 1.82) is 0 Å². The molecule has 2 atom stereocenters. The molecule has 1 unspecified atom stereocenters. The Labute approximate surface area is 104 Å². The van der Waals surface area contributed by atoms with Crippen LogP contribution in [0.3, 0.4) is 0 Å². The normalized spacial score (nSPS) is 14.4. The van der Waals surface area contributed by atoms with Gasteiger partial charge in [-0.05, 0) is 25.0 Å². The predicted octanol–water partition coefficient (Wildman–Crippen LogP) is 2.96. The van der Waals surface area contributed by atoms with Crippen LogP contribution in [0, 0.1) is 0 Å². The summed E-state index contributed by atoms with van der Waals surface area (Å²) < 4.78 is 0.996. The lowest BCUT2D eigenvalue weighted by molar-refractivity contribution is -0.139. The number of hydrogen-bond acceptors (Lipinski definition) is 2. The fourth-order valence-corrected chi connectivity index (χ4v) is 2.21. The minimum atomic E-state index is -0.804. The Bertz CT molecular complexity index is 368. The summed E-state index contributed by atoms with van der Waals surface area (Å²) in [5, 5.41) is 12.1. The van der Waals surface area contributed by atoms with E-state index in [2.05, 4.69) is 21.2 Å². The van der Waals surface area contributed by atoms with Crippen LogP contribution >= 0.6 is 15.9 Å². The van der Waals surface area contributed by atoms with Crippen molar-refractivity contribution < 1.29 is 9.90 Å². The van der Waals surface area contributed by atoms with Crippen molar-refractivity contribution in [3.05, 3.63) is 34.3 Å².